The van der Waals surface area contributed by atoms with E-state index in [0.29, 0.717) is 56.2 Å². The Morgan fingerprint density at radius 2 is 0.904 bits per heavy atom. The molecule has 11 rings (SSSR count). The van der Waals surface area contributed by atoms with Gasteiger partial charge >= 0.3 is 24.5 Å². The van der Waals surface area contributed by atoms with E-state index in [0.717, 1.165) is 102 Å². The molecule has 4 heterocycles. The van der Waals surface area contributed by atoms with Gasteiger partial charge in [0.15, 0.2) is 0 Å². The summed E-state index contributed by atoms with van der Waals surface area (Å²) < 4.78 is 20.0. The summed E-state index contributed by atoms with van der Waals surface area (Å²) in [6, 6.07) is 55.5. The van der Waals surface area contributed by atoms with Crippen LogP contribution in [0.25, 0.3) is 0 Å². The molecule has 6 N–H and O–H groups in total. The predicted molar refractivity (Wildman–Crippen MR) is 506 cm³/mol. The second kappa shape index (κ2) is 57.1. The standard InChI is InChI=1S/C23H28N2O3.C18H27NO5.C12H14BrNO2.C11H15NO.C10H19NO5.C8H9Br.C8H11NO.C4H5Br2ClO.ClH/c1-17-2-4-18(5-3-17)16-25-23(27)22(12-15-28-25)24-13-10-20(11-14-24)19-6-8-21(26)9-7-19;1-13-8-10-14(11-9-13)12-19(15(20)22-17(2,3)4)24-16(21)23-18(5,6)7;1-9-2-4-10(5-3-9)8-14-12(15)11(13)6-7-16-14;13-11-3-1-9(2-4-11)10-5-7-12-8-6-10;1-9(2,3)14-7(12)11-16-8(13)15-10(4,5)6;1-7-2-4-8(6-9)5-3-7;1-7-2-4-8(5-3-7)6-9-10;5-2-1-3(6)4(7)8;/h2-9,20,22,26H,10-16H2,1H3;8-11H,12H2,1-7H3;2-5,11H,6-8H2,1H3;1-4,10,12-13H,5-8H2;1-6H3,(H,11,12);2-5H,6H2,1H3;2-5,9-10H,6H2,1H3;3H,1-2H2;1H. The van der Waals surface area contributed by atoms with E-state index in [4.69, 9.17) is 55.4 Å². The molecule has 0 saturated carbocycles. The van der Waals surface area contributed by atoms with Gasteiger partial charge in [-0.1, -0.05) is 237 Å². The zero-order chi connectivity index (χ0) is 92.3. The number of piperidine rings is 2. The molecular formula is C94H129Br4Cl2N7O18. The maximum absolute atomic E-state index is 13.0. The van der Waals surface area contributed by atoms with Gasteiger partial charge in [-0.05, 0) is 275 Å². The number of amides is 4. The van der Waals surface area contributed by atoms with E-state index in [9.17, 15) is 38.7 Å². The molecule has 125 heavy (non-hydrogen) atoms. The lowest BCUT2D eigenvalue weighted by Gasteiger charge is -2.41. The fourth-order valence-corrected chi connectivity index (χ4v) is 13.9. The number of likely N-dealkylation sites (tertiary alicyclic amines) is 1. The van der Waals surface area contributed by atoms with Crippen molar-refractivity contribution >= 4 is 129 Å². The molecule has 690 valence electrons. The zero-order valence-corrected chi connectivity index (χ0v) is 83.0. The highest BCUT2D eigenvalue weighted by molar-refractivity contribution is 9.10. The van der Waals surface area contributed by atoms with Crippen molar-refractivity contribution in [2.75, 3.05) is 44.7 Å². The van der Waals surface area contributed by atoms with Gasteiger partial charge in [0.1, 0.15) is 33.9 Å². The Labute approximate surface area is 784 Å². The third kappa shape index (κ3) is 48.2. The number of aromatic hydroxyl groups is 2. The lowest BCUT2D eigenvalue weighted by atomic mass is 9.88. The Balaban J connectivity index is 0.000000381. The minimum atomic E-state index is -0.988. The normalized spacial score (nSPS) is 15.6. The first kappa shape index (κ1) is 111. The minimum absolute atomic E-state index is 0. The highest BCUT2D eigenvalue weighted by Crippen LogP contribution is 2.33. The number of benzene rings is 7. The molecule has 0 aromatic heterocycles. The van der Waals surface area contributed by atoms with Gasteiger partial charge in [-0.2, -0.15) is 0 Å². The van der Waals surface area contributed by atoms with Crippen molar-refractivity contribution < 1.29 is 87.3 Å². The van der Waals surface area contributed by atoms with Gasteiger partial charge in [-0.25, -0.2) is 34.8 Å². The minimum Gasteiger partial charge on any atom is -0.508 e. The van der Waals surface area contributed by atoms with Crippen LogP contribution in [0.4, 0.5) is 19.2 Å². The summed E-state index contributed by atoms with van der Waals surface area (Å²) in [6.45, 7) is 37.5. The first-order valence-electron chi connectivity index (χ1n) is 41.3. The van der Waals surface area contributed by atoms with Crippen LogP contribution in [0.15, 0.2) is 170 Å². The first-order chi connectivity index (χ1) is 58.3. The molecule has 4 saturated heterocycles. The average molecular weight is 2040 g/mol. The highest BCUT2D eigenvalue weighted by Gasteiger charge is 2.37. The van der Waals surface area contributed by atoms with Crippen LogP contribution in [0, 0.1) is 34.6 Å². The third-order valence-corrected chi connectivity index (χ3v) is 21.5. The zero-order valence-electron chi connectivity index (χ0n) is 75.0. The second-order valence-electron chi connectivity index (χ2n) is 33.9. The number of alkyl halides is 4. The Kier molecular flexibility index (Phi) is 50.8. The molecule has 0 bridgehead atoms. The van der Waals surface area contributed by atoms with Crippen molar-refractivity contribution in [3.63, 3.8) is 0 Å². The lowest BCUT2D eigenvalue weighted by molar-refractivity contribution is -0.212. The van der Waals surface area contributed by atoms with Gasteiger partial charge in [0.2, 0.25) is 5.24 Å². The molecule has 7 aromatic rings. The van der Waals surface area contributed by atoms with Crippen LogP contribution >= 0.6 is 87.7 Å². The fraction of sp³-hybridized carbons (Fsp3) is 0.479. The topological polar surface area (TPSA) is 303 Å². The van der Waals surface area contributed by atoms with E-state index in [-0.39, 0.29) is 51.7 Å². The number of hydrogen-bond donors (Lipinski definition) is 6. The van der Waals surface area contributed by atoms with E-state index in [1.54, 1.807) is 112 Å². The molecule has 0 radical (unpaired) electrons. The molecule has 3 unspecified atom stereocenters. The fourth-order valence-electron chi connectivity index (χ4n) is 11.7. The summed E-state index contributed by atoms with van der Waals surface area (Å²) in [5.74, 6) is 1.93. The van der Waals surface area contributed by atoms with Crippen LogP contribution in [-0.4, -0.2) is 160 Å². The van der Waals surface area contributed by atoms with Crippen LogP contribution in [0.3, 0.4) is 0 Å². The van der Waals surface area contributed by atoms with E-state index in [1.807, 2.05) is 123 Å². The van der Waals surface area contributed by atoms with Crippen molar-refractivity contribution in [1.82, 2.24) is 36.4 Å². The summed E-state index contributed by atoms with van der Waals surface area (Å²) in [5, 5.41) is 35.6. The summed E-state index contributed by atoms with van der Waals surface area (Å²) in [4.78, 5) is 104. The molecule has 7 aromatic carbocycles. The van der Waals surface area contributed by atoms with Crippen LogP contribution in [0.1, 0.15) is 207 Å². The molecule has 3 atom stereocenters. The molecule has 4 amide bonds. The molecule has 0 aliphatic carbocycles. The number of phenols is 2. The molecule has 4 aliphatic rings. The van der Waals surface area contributed by atoms with Gasteiger partial charge in [0.05, 0.1) is 48.5 Å². The SMILES string of the molecule is CC(C)(C)OC(=O)NOC(=O)OC(C)(C)C.Cc1ccc(CBr)cc1.Cc1ccc(CN(OC(=O)OC(C)(C)C)C(=O)OC(C)(C)C)cc1.Cc1ccc(CN2OCCC(Br)C2=O)cc1.Cc1ccc(CN2OCCC(N3CCC(c4ccc(O)cc4)CC3)C2=O)cc1.Cc1ccc(CNO)cc1.Cl.O=C(Cl)C(Br)CCBr.Oc1ccc(C2CCNCC2)cc1. The van der Waals surface area contributed by atoms with Crippen molar-refractivity contribution in [2.24, 2.45) is 0 Å². The van der Waals surface area contributed by atoms with E-state index in [2.05, 4.69) is 147 Å². The maximum atomic E-state index is 13.0. The van der Waals surface area contributed by atoms with Crippen molar-refractivity contribution in [3.05, 3.63) is 237 Å². The summed E-state index contributed by atoms with van der Waals surface area (Å²) in [6.07, 6.45) is 3.18. The van der Waals surface area contributed by atoms with Gasteiger partial charge in [-0.3, -0.25) is 33.8 Å². The van der Waals surface area contributed by atoms with Crippen LogP contribution in [0.5, 0.6) is 11.5 Å². The van der Waals surface area contributed by atoms with E-state index >= 15 is 0 Å². The molecule has 31 heteroatoms. The predicted octanol–water partition coefficient (Wildman–Crippen LogP) is 22.0. The molecule has 25 nitrogen and oxygen atoms in total. The summed E-state index contributed by atoms with van der Waals surface area (Å²) in [5.41, 5.74) is 15.3. The first-order valence-corrected chi connectivity index (χ1v) is 45.7. The molecular weight excluding hydrogens is 1910 g/mol. The van der Waals surface area contributed by atoms with Gasteiger partial charge in [0, 0.05) is 17.2 Å². The maximum Gasteiger partial charge on any atom is 0.534 e. The van der Waals surface area contributed by atoms with Crippen molar-refractivity contribution in [2.45, 2.75) is 244 Å². The number of ether oxygens (including phenoxy) is 4. The van der Waals surface area contributed by atoms with E-state index in [1.165, 1.54) is 56.8 Å². The summed E-state index contributed by atoms with van der Waals surface area (Å²) >= 11 is 18.1. The lowest BCUT2D eigenvalue weighted by Crippen LogP contribution is -2.54. The van der Waals surface area contributed by atoms with Crippen LogP contribution in [-0.2, 0) is 84.2 Å². The smallest absolute Gasteiger partial charge is 0.508 e. The largest absolute Gasteiger partial charge is 0.534 e. The Morgan fingerprint density at radius 3 is 1.30 bits per heavy atom. The number of hydrogen-bond acceptors (Lipinski definition) is 21. The number of carbonyl (C=O) groups is 7. The quantitative estimate of drug-likeness (QED) is 0.0183. The Hall–Kier alpha value is -7.91. The Bertz CT molecular complexity index is 4270. The monoisotopic (exact) mass is 2030 g/mol. The number of hydroxylamine groups is 8. The van der Waals surface area contributed by atoms with Gasteiger partial charge in [-0.15, -0.1) is 23.0 Å². The number of carbonyl (C=O) groups excluding carboxylic acids is 7. The van der Waals surface area contributed by atoms with Crippen molar-refractivity contribution in [1.29, 1.82) is 0 Å². The molecule has 4 aliphatic heterocycles. The second-order valence-corrected chi connectivity index (χ2v) is 37.8. The van der Waals surface area contributed by atoms with Crippen LogP contribution < -0.4 is 16.3 Å². The number of nitrogens with zero attached hydrogens (tertiary/aromatic N) is 4. The highest BCUT2D eigenvalue weighted by atomic mass is 79.9. The Morgan fingerprint density at radius 1 is 0.520 bits per heavy atom. The van der Waals surface area contributed by atoms with Gasteiger partial charge in [0.25, 0.3) is 11.8 Å². The van der Waals surface area contributed by atoms with E-state index < -0.39 is 46.9 Å². The number of nitrogens with one attached hydrogen (secondary N) is 3. The average Bonchev–Trinajstić information content (AvgIpc) is 0.810. The number of phenolic OH excluding ortho intramolecular Hbond substituents is 2. The third-order valence-electron chi connectivity index (χ3n) is 18.1. The van der Waals surface area contributed by atoms with Gasteiger partial charge < -0.3 is 44.5 Å². The number of rotatable bonds is 15. The summed E-state index contributed by atoms with van der Waals surface area (Å²) in [7, 11) is 0. The molecule has 4 fully saturated rings. The number of aryl methyl sites for hydroxylation is 5. The molecule has 0 spiro atoms. The van der Waals surface area contributed by atoms with Crippen molar-refractivity contribution in [3.8, 4) is 11.5 Å². The number of halogens is 6. The van der Waals surface area contributed by atoms with Crippen LogP contribution in [0.2, 0.25) is 0 Å².